The summed E-state index contributed by atoms with van der Waals surface area (Å²) in [6, 6.07) is 7.44. The number of rotatable bonds is 3. The van der Waals surface area contributed by atoms with Gasteiger partial charge in [-0.2, -0.15) is 0 Å². The maximum atomic E-state index is 11.4. The Hall–Kier alpha value is -1.55. The summed E-state index contributed by atoms with van der Waals surface area (Å²) in [4.78, 5) is 13.5. The van der Waals surface area contributed by atoms with Crippen molar-refractivity contribution in [2.75, 3.05) is 11.4 Å². The first-order valence-corrected chi connectivity index (χ1v) is 5.98. The van der Waals surface area contributed by atoms with E-state index in [9.17, 15) is 4.79 Å². The minimum atomic E-state index is -0.254. The van der Waals surface area contributed by atoms with Gasteiger partial charge < -0.3 is 15.7 Å². The summed E-state index contributed by atoms with van der Waals surface area (Å²) in [6.45, 7) is 0.908. The molecule has 1 aliphatic rings. The van der Waals surface area contributed by atoms with Crippen molar-refractivity contribution in [3.05, 3.63) is 29.8 Å². The summed E-state index contributed by atoms with van der Waals surface area (Å²) in [7, 11) is 0. The summed E-state index contributed by atoms with van der Waals surface area (Å²) in [5.74, 6) is -0.254. The molecular weight excluding hydrogens is 216 g/mol. The van der Waals surface area contributed by atoms with Gasteiger partial charge in [-0.3, -0.25) is 4.79 Å². The number of amides is 1. The van der Waals surface area contributed by atoms with Crippen molar-refractivity contribution in [2.45, 2.75) is 31.9 Å². The van der Waals surface area contributed by atoms with Crippen LogP contribution in [-0.2, 0) is 11.4 Å². The summed E-state index contributed by atoms with van der Waals surface area (Å²) in [5.41, 5.74) is 7.31. The van der Waals surface area contributed by atoms with Crippen LogP contribution in [0.25, 0.3) is 0 Å². The fourth-order valence-electron chi connectivity index (χ4n) is 2.33. The molecule has 0 bridgehead atoms. The monoisotopic (exact) mass is 234 g/mol. The number of nitrogens with zero attached hydrogens (tertiary/aromatic N) is 1. The van der Waals surface area contributed by atoms with Gasteiger partial charge in [0.15, 0.2) is 0 Å². The Kier molecular flexibility index (Phi) is 3.64. The van der Waals surface area contributed by atoms with Gasteiger partial charge in [-0.25, -0.2) is 0 Å². The molecule has 17 heavy (non-hydrogen) atoms. The van der Waals surface area contributed by atoms with Gasteiger partial charge in [-0.1, -0.05) is 12.1 Å². The average molecular weight is 234 g/mol. The highest BCUT2D eigenvalue weighted by atomic mass is 16.3. The molecule has 1 saturated heterocycles. The Bertz CT molecular complexity index is 389. The van der Waals surface area contributed by atoms with Gasteiger partial charge in [0.2, 0.25) is 5.91 Å². The molecule has 1 unspecified atom stereocenters. The molecular formula is C13H18N2O2. The fraction of sp³-hybridized carbons (Fsp3) is 0.462. The van der Waals surface area contributed by atoms with E-state index in [1.54, 1.807) is 0 Å². The van der Waals surface area contributed by atoms with Crippen LogP contribution in [0, 0.1) is 0 Å². The predicted octanol–water partition coefficient (Wildman–Crippen LogP) is 1.02. The van der Waals surface area contributed by atoms with Crippen molar-refractivity contribution in [2.24, 2.45) is 5.73 Å². The average Bonchev–Trinajstić information content (AvgIpc) is 2.39. The number of nitrogens with two attached hydrogens (primary N) is 1. The number of aliphatic hydroxyl groups excluding tert-OH is 1. The lowest BCUT2D eigenvalue weighted by Crippen LogP contribution is -2.47. The molecule has 3 N–H and O–H groups in total. The first-order valence-electron chi connectivity index (χ1n) is 5.98. The molecule has 0 aromatic heterocycles. The van der Waals surface area contributed by atoms with E-state index in [1.165, 1.54) is 0 Å². The van der Waals surface area contributed by atoms with Gasteiger partial charge in [0, 0.05) is 12.2 Å². The summed E-state index contributed by atoms with van der Waals surface area (Å²) in [6.07, 6.45) is 2.97. The summed E-state index contributed by atoms with van der Waals surface area (Å²) < 4.78 is 0. The Labute approximate surface area is 101 Å². The number of aliphatic hydroxyl groups is 1. The van der Waals surface area contributed by atoms with E-state index in [0.29, 0.717) is 0 Å². The molecule has 1 aromatic carbocycles. The molecule has 1 atom stereocenters. The number of carbonyl (C=O) groups is 1. The van der Waals surface area contributed by atoms with E-state index in [2.05, 4.69) is 4.90 Å². The fourth-order valence-corrected chi connectivity index (χ4v) is 2.33. The van der Waals surface area contributed by atoms with Crippen LogP contribution in [0.3, 0.4) is 0 Å². The normalized spacial score (nSPS) is 20.3. The zero-order valence-electron chi connectivity index (χ0n) is 9.80. The molecule has 4 heteroatoms. The number of anilines is 1. The van der Waals surface area contributed by atoms with E-state index in [-0.39, 0.29) is 18.6 Å². The first kappa shape index (κ1) is 11.9. The largest absolute Gasteiger partial charge is 0.392 e. The van der Waals surface area contributed by atoms with Gasteiger partial charge in [0.25, 0.3) is 0 Å². The van der Waals surface area contributed by atoms with Crippen LogP contribution in [0.2, 0.25) is 0 Å². The molecule has 0 radical (unpaired) electrons. The Morgan fingerprint density at radius 2 is 2.06 bits per heavy atom. The Balaban J connectivity index is 2.20. The van der Waals surface area contributed by atoms with Crippen molar-refractivity contribution in [3.8, 4) is 0 Å². The van der Waals surface area contributed by atoms with Crippen LogP contribution in [-0.4, -0.2) is 23.6 Å². The molecule has 2 rings (SSSR count). The Morgan fingerprint density at radius 3 is 2.65 bits per heavy atom. The lowest BCUT2D eigenvalue weighted by atomic mass is 10.0. The van der Waals surface area contributed by atoms with Crippen LogP contribution in [0.15, 0.2) is 24.3 Å². The molecule has 1 amide bonds. The van der Waals surface area contributed by atoms with Crippen LogP contribution in [0.1, 0.15) is 24.8 Å². The maximum Gasteiger partial charge on any atom is 0.240 e. The van der Waals surface area contributed by atoms with E-state index in [1.807, 2.05) is 24.3 Å². The van der Waals surface area contributed by atoms with Gasteiger partial charge >= 0.3 is 0 Å². The van der Waals surface area contributed by atoms with Crippen molar-refractivity contribution in [3.63, 3.8) is 0 Å². The van der Waals surface area contributed by atoms with Crippen molar-refractivity contribution >= 4 is 11.6 Å². The molecule has 1 heterocycles. The highest BCUT2D eigenvalue weighted by molar-refractivity contribution is 5.83. The minimum Gasteiger partial charge on any atom is -0.392 e. The van der Waals surface area contributed by atoms with E-state index < -0.39 is 0 Å². The number of primary amides is 1. The number of benzene rings is 1. The molecule has 0 spiro atoms. The van der Waals surface area contributed by atoms with Gasteiger partial charge in [0.05, 0.1) is 6.61 Å². The standard InChI is InChI=1S/C13H18N2O2/c14-13(17)12-3-1-2-8-15(12)11-6-4-10(9-16)5-7-11/h4-7,12,16H,1-3,8-9H2,(H2,14,17). The second kappa shape index (κ2) is 5.19. The molecule has 0 saturated carbocycles. The highest BCUT2D eigenvalue weighted by Crippen LogP contribution is 2.24. The van der Waals surface area contributed by atoms with Crippen molar-refractivity contribution in [1.82, 2.24) is 0 Å². The third-order valence-corrected chi connectivity index (χ3v) is 3.28. The van der Waals surface area contributed by atoms with Crippen LogP contribution < -0.4 is 10.6 Å². The topological polar surface area (TPSA) is 66.6 Å². The molecule has 1 fully saturated rings. The van der Waals surface area contributed by atoms with Crippen molar-refractivity contribution in [1.29, 1.82) is 0 Å². The third kappa shape index (κ3) is 2.58. The molecule has 4 nitrogen and oxygen atoms in total. The summed E-state index contributed by atoms with van der Waals surface area (Å²) >= 11 is 0. The molecule has 1 aromatic rings. The maximum absolute atomic E-state index is 11.4. The van der Waals surface area contributed by atoms with Crippen LogP contribution in [0.5, 0.6) is 0 Å². The predicted molar refractivity (Wildman–Crippen MR) is 66.5 cm³/mol. The van der Waals surface area contributed by atoms with E-state index in [4.69, 9.17) is 10.8 Å². The number of hydrogen-bond donors (Lipinski definition) is 2. The van der Waals surface area contributed by atoms with E-state index >= 15 is 0 Å². The van der Waals surface area contributed by atoms with Gasteiger partial charge in [-0.15, -0.1) is 0 Å². The second-order valence-electron chi connectivity index (χ2n) is 4.43. The zero-order valence-corrected chi connectivity index (χ0v) is 9.80. The van der Waals surface area contributed by atoms with E-state index in [0.717, 1.165) is 37.1 Å². The zero-order chi connectivity index (χ0) is 12.3. The van der Waals surface area contributed by atoms with Crippen LogP contribution in [0.4, 0.5) is 5.69 Å². The number of carbonyl (C=O) groups excluding carboxylic acids is 1. The SMILES string of the molecule is NC(=O)C1CCCCN1c1ccc(CO)cc1. The van der Waals surface area contributed by atoms with Gasteiger partial charge in [-0.05, 0) is 37.0 Å². The smallest absolute Gasteiger partial charge is 0.240 e. The van der Waals surface area contributed by atoms with Crippen molar-refractivity contribution < 1.29 is 9.90 Å². The van der Waals surface area contributed by atoms with Crippen LogP contribution >= 0.6 is 0 Å². The third-order valence-electron chi connectivity index (χ3n) is 3.28. The first-order chi connectivity index (χ1) is 8.22. The highest BCUT2D eigenvalue weighted by Gasteiger charge is 2.26. The molecule has 0 aliphatic carbocycles. The van der Waals surface area contributed by atoms with Gasteiger partial charge in [0.1, 0.15) is 6.04 Å². The quantitative estimate of drug-likeness (QED) is 0.820. The molecule has 92 valence electrons. The second-order valence-corrected chi connectivity index (χ2v) is 4.43. The number of hydrogen-bond acceptors (Lipinski definition) is 3. The number of piperidine rings is 1. The lowest BCUT2D eigenvalue weighted by Gasteiger charge is -2.35. The lowest BCUT2D eigenvalue weighted by molar-refractivity contribution is -0.119. The Morgan fingerprint density at radius 1 is 1.35 bits per heavy atom. The molecule has 1 aliphatic heterocycles. The summed E-state index contributed by atoms with van der Waals surface area (Å²) in [5, 5.41) is 8.99. The minimum absolute atomic E-state index is 0.0412.